The van der Waals surface area contributed by atoms with E-state index >= 15 is 0 Å². The zero-order valence-corrected chi connectivity index (χ0v) is 18.5. The molecule has 4 fully saturated rings. The van der Waals surface area contributed by atoms with E-state index in [9.17, 15) is 0 Å². The molecule has 0 radical (unpaired) electrons. The molecule has 0 amide bonds. The number of hydrogen-bond acceptors (Lipinski definition) is 8. The van der Waals surface area contributed by atoms with Crippen molar-refractivity contribution in [1.82, 2.24) is 0 Å². The van der Waals surface area contributed by atoms with Crippen LogP contribution in [0.3, 0.4) is 0 Å². The van der Waals surface area contributed by atoms with Crippen LogP contribution >= 0.6 is 35.8 Å². The topological polar surface area (TPSA) is 50.1 Å². The van der Waals surface area contributed by atoms with Gasteiger partial charge < -0.3 is 0 Å². The zero-order chi connectivity index (χ0) is 14.8. The normalized spacial score (nSPS) is 53.1. The summed E-state index contributed by atoms with van der Waals surface area (Å²) in [6, 6.07) is 0. The summed E-state index contributed by atoms with van der Waals surface area (Å²) in [7, 11) is 8.46. The number of rotatable bonds is 8. The Kier molecular flexibility index (Phi) is 4.78. The van der Waals surface area contributed by atoms with Crippen LogP contribution in [0.2, 0.25) is 0 Å². The average molecular weight is 475 g/mol. The molecule has 4 rings (SSSR count). The molecule has 8 atom stereocenters. The SMILES string of the molecule is CC1OC1[S][Sn]([S]C1OC1C)([S]C1OC1C)[S]C1OC1C. The first kappa shape index (κ1) is 16.5. The molecule has 0 aromatic carbocycles. The molecule has 8 unspecified atom stereocenters. The van der Waals surface area contributed by atoms with Crippen LogP contribution < -0.4 is 0 Å². The molecule has 0 N–H and O–H groups in total. The van der Waals surface area contributed by atoms with Crippen LogP contribution in [0.4, 0.5) is 0 Å². The molecule has 0 aromatic heterocycles. The van der Waals surface area contributed by atoms with Gasteiger partial charge >= 0.3 is 141 Å². The molecule has 9 heteroatoms. The minimum atomic E-state index is -2.68. The fourth-order valence-electron chi connectivity index (χ4n) is 1.89. The van der Waals surface area contributed by atoms with Crippen molar-refractivity contribution in [3.63, 3.8) is 0 Å². The summed E-state index contributed by atoms with van der Waals surface area (Å²) in [6.07, 6.45) is 1.61. The molecule has 4 nitrogen and oxygen atoms in total. The molecule has 4 aliphatic heterocycles. The second-order valence-corrected chi connectivity index (χ2v) is 46.4. The monoisotopic (exact) mass is 476 g/mol. The van der Waals surface area contributed by atoms with Crippen LogP contribution in [0, 0.1) is 0 Å². The van der Waals surface area contributed by atoms with Gasteiger partial charge in [0.05, 0.1) is 0 Å². The molecule has 4 heterocycles. The third-order valence-electron chi connectivity index (χ3n) is 3.66. The molecular formula is C12H20O4S4Sn. The second kappa shape index (κ2) is 6.09. The zero-order valence-electron chi connectivity index (χ0n) is 12.4. The maximum absolute atomic E-state index is 5.71. The van der Waals surface area contributed by atoms with E-state index in [4.69, 9.17) is 18.9 Å². The van der Waals surface area contributed by atoms with E-state index < -0.39 is 12.8 Å². The van der Waals surface area contributed by atoms with Gasteiger partial charge in [0, 0.05) is 0 Å². The molecular weight excluding hydrogens is 455 g/mol. The first-order chi connectivity index (χ1) is 9.96. The molecule has 0 spiro atoms. The summed E-state index contributed by atoms with van der Waals surface area (Å²) in [5.41, 5.74) is 1.52. The van der Waals surface area contributed by atoms with Crippen LogP contribution in [0.15, 0.2) is 0 Å². The van der Waals surface area contributed by atoms with Gasteiger partial charge in [-0.3, -0.25) is 0 Å². The van der Waals surface area contributed by atoms with Crippen LogP contribution in [0.5, 0.6) is 0 Å². The van der Waals surface area contributed by atoms with Gasteiger partial charge in [-0.15, -0.1) is 0 Å². The van der Waals surface area contributed by atoms with Crippen molar-refractivity contribution in [3.05, 3.63) is 0 Å². The third kappa shape index (κ3) is 4.18. The molecule has 0 aliphatic carbocycles. The molecule has 0 aromatic rings. The first-order valence-electron chi connectivity index (χ1n) is 7.29. The molecule has 0 saturated carbocycles. The van der Waals surface area contributed by atoms with Gasteiger partial charge in [0.2, 0.25) is 0 Å². The quantitative estimate of drug-likeness (QED) is 0.392. The summed E-state index contributed by atoms with van der Waals surface area (Å²) in [4.78, 5) is 0. The Hall–Kier alpha value is 2.04. The number of ether oxygens (including phenoxy) is 4. The van der Waals surface area contributed by atoms with E-state index in [0.29, 0.717) is 46.2 Å². The summed E-state index contributed by atoms with van der Waals surface area (Å²) < 4.78 is 22.8. The van der Waals surface area contributed by atoms with E-state index in [0.717, 1.165) is 0 Å². The van der Waals surface area contributed by atoms with E-state index in [1.54, 1.807) is 0 Å². The first-order valence-corrected chi connectivity index (χ1v) is 24.8. The molecule has 120 valence electrons. The van der Waals surface area contributed by atoms with E-state index in [-0.39, 0.29) is 0 Å². The fraction of sp³-hybridized carbons (Fsp3) is 1.00. The number of epoxide rings is 4. The van der Waals surface area contributed by atoms with Gasteiger partial charge in [0.25, 0.3) is 0 Å². The van der Waals surface area contributed by atoms with E-state index in [2.05, 4.69) is 63.5 Å². The van der Waals surface area contributed by atoms with Crippen molar-refractivity contribution in [2.75, 3.05) is 0 Å². The van der Waals surface area contributed by atoms with Gasteiger partial charge in [0.15, 0.2) is 0 Å². The minimum absolute atomic E-state index is 0.380. The van der Waals surface area contributed by atoms with Gasteiger partial charge in [-0.25, -0.2) is 0 Å². The van der Waals surface area contributed by atoms with Crippen LogP contribution in [-0.4, -0.2) is 59.0 Å². The Morgan fingerprint density at radius 1 is 0.524 bits per heavy atom. The molecule has 0 bridgehead atoms. The van der Waals surface area contributed by atoms with Gasteiger partial charge in [0.1, 0.15) is 0 Å². The van der Waals surface area contributed by atoms with Gasteiger partial charge in [-0.1, -0.05) is 0 Å². The Morgan fingerprint density at radius 2 is 0.714 bits per heavy atom. The van der Waals surface area contributed by atoms with E-state index in [1.807, 2.05) is 0 Å². The fourth-order valence-corrected chi connectivity index (χ4v) is 55.7. The van der Waals surface area contributed by atoms with Gasteiger partial charge in [-0.2, -0.15) is 0 Å². The standard InChI is InChI=1S/4C3H6OS.Sn/c4*1-2-3(5)4-2;/h4*2-3,5H,1H3;/q;;;;+4/p-4. The molecule has 4 aliphatic rings. The number of hydrogen-bond donors (Lipinski definition) is 0. The van der Waals surface area contributed by atoms with Crippen LogP contribution in [0.25, 0.3) is 0 Å². The summed E-state index contributed by atoms with van der Waals surface area (Å²) in [5.74, 6) is 0. The van der Waals surface area contributed by atoms with Gasteiger partial charge in [-0.05, 0) is 0 Å². The summed E-state index contributed by atoms with van der Waals surface area (Å²) >= 11 is -2.68. The predicted octanol–water partition coefficient (Wildman–Crippen LogP) is 3.33. The van der Waals surface area contributed by atoms with Crippen molar-refractivity contribution in [2.24, 2.45) is 0 Å². The van der Waals surface area contributed by atoms with E-state index in [1.165, 1.54) is 0 Å². The Bertz CT molecular complexity index is 353. The Morgan fingerprint density at radius 3 is 0.857 bits per heavy atom. The van der Waals surface area contributed by atoms with Crippen molar-refractivity contribution >= 4 is 48.6 Å². The van der Waals surface area contributed by atoms with Crippen molar-refractivity contribution < 1.29 is 18.9 Å². The predicted molar refractivity (Wildman–Crippen MR) is 93.5 cm³/mol. The summed E-state index contributed by atoms with van der Waals surface area (Å²) in [5, 5.41) is 0. The van der Waals surface area contributed by atoms with Crippen molar-refractivity contribution in [3.8, 4) is 0 Å². The Labute approximate surface area is 140 Å². The van der Waals surface area contributed by atoms with Crippen LogP contribution in [-0.2, 0) is 18.9 Å². The third-order valence-corrected chi connectivity index (χ3v) is 48.8. The Balaban J connectivity index is 1.47. The maximum atomic E-state index is 5.71. The summed E-state index contributed by atoms with van der Waals surface area (Å²) in [6.45, 7) is 8.65. The second-order valence-electron chi connectivity index (χ2n) is 5.81. The van der Waals surface area contributed by atoms with Crippen molar-refractivity contribution in [1.29, 1.82) is 0 Å². The van der Waals surface area contributed by atoms with Crippen molar-refractivity contribution in [2.45, 2.75) is 73.9 Å². The molecule has 4 saturated heterocycles. The molecule has 21 heavy (non-hydrogen) atoms. The van der Waals surface area contributed by atoms with Crippen LogP contribution in [0.1, 0.15) is 27.7 Å². The average Bonchev–Trinajstić information content (AvgIpc) is 3.29.